The highest BCUT2D eigenvalue weighted by Crippen LogP contribution is 2.54. The summed E-state index contributed by atoms with van der Waals surface area (Å²) in [7, 11) is 0. The molecule has 0 spiro atoms. The second kappa shape index (κ2) is 3.95. The van der Waals surface area contributed by atoms with Gasteiger partial charge in [0.2, 0.25) is 0 Å². The van der Waals surface area contributed by atoms with Crippen molar-refractivity contribution in [2.24, 2.45) is 17.3 Å². The lowest BCUT2D eigenvalue weighted by atomic mass is 9.61. The van der Waals surface area contributed by atoms with Gasteiger partial charge in [-0.15, -0.1) is 0 Å². The van der Waals surface area contributed by atoms with Crippen molar-refractivity contribution in [1.29, 1.82) is 0 Å². The van der Waals surface area contributed by atoms with E-state index >= 15 is 0 Å². The predicted octanol–water partition coefficient (Wildman–Crippen LogP) is 2.99. The van der Waals surface area contributed by atoms with E-state index in [1.807, 2.05) is 13.0 Å². The van der Waals surface area contributed by atoms with Crippen molar-refractivity contribution in [3.8, 4) is 0 Å². The SMILES string of the molecule is CC1=C2C3OC(=O)C(C)C3CCC2(C)C=C(Cl)C1=O. The number of hydrogen-bond donors (Lipinski definition) is 0. The number of fused-ring (bicyclic) bond motifs is 3. The number of ether oxygens (including phenoxy) is 1. The highest BCUT2D eigenvalue weighted by molar-refractivity contribution is 6.45. The maximum atomic E-state index is 12.1. The Kier molecular flexibility index (Phi) is 2.69. The second-order valence-electron chi connectivity index (χ2n) is 6.13. The smallest absolute Gasteiger partial charge is 0.309 e. The zero-order chi connectivity index (χ0) is 13.9. The van der Waals surface area contributed by atoms with Crippen molar-refractivity contribution in [2.75, 3.05) is 0 Å². The molecule has 102 valence electrons. The van der Waals surface area contributed by atoms with Crippen LogP contribution in [0.4, 0.5) is 0 Å². The van der Waals surface area contributed by atoms with Gasteiger partial charge in [-0.3, -0.25) is 9.59 Å². The van der Waals surface area contributed by atoms with E-state index in [9.17, 15) is 9.59 Å². The van der Waals surface area contributed by atoms with Crippen LogP contribution in [0.3, 0.4) is 0 Å². The first-order chi connectivity index (χ1) is 8.85. The molecular weight excluding hydrogens is 264 g/mol. The number of allylic oxidation sites excluding steroid dienone is 3. The van der Waals surface area contributed by atoms with Gasteiger partial charge in [0.05, 0.1) is 11.0 Å². The van der Waals surface area contributed by atoms with Crippen LogP contribution in [0.5, 0.6) is 0 Å². The third kappa shape index (κ3) is 1.64. The quantitative estimate of drug-likeness (QED) is 0.641. The lowest BCUT2D eigenvalue weighted by molar-refractivity contribution is -0.143. The molecule has 19 heavy (non-hydrogen) atoms. The molecule has 2 aliphatic carbocycles. The molecule has 2 fully saturated rings. The van der Waals surface area contributed by atoms with Crippen LogP contribution >= 0.6 is 11.6 Å². The van der Waals surface area contributed by atoms with Gasteiger partial charge in [0.25, 0.3) is 0 Å². The number of halogens is 1. The Bertz CT molecular complexity index is 546. The predicted molar refractivity (Wildman–Crippen MR) is 71.5 cm³/mol. The van der Waals surface area contributed by atoms with Crippen molar-refractivity contribution in [2.45, 2.75) is 39.7 Å². The summed E-state index contributed by atoms with van der Waals surface area (Å²) >= 11 is 6.04. The Labute approximate surface area is 117 Å². The normalized spacial score (nSPS) is 41.7. The maximum Gasteiger partial charge on any atom is 0.309 e. The third-order valence-electron chi connectivity index (χ3n) is 4.95. The summed E-state index contributed by atoms with van der Waals surface area (Å²) in [5.41, 5.74) is 1.38. The molecule has 0 aromatic heterocycles. The number of Topliss-reactive ketones (excluding diaryl/α,β-unsaturated/α-hetero) is 1. The fourth-order valence-corrected chi connectivity index (χ4v) is 4.18. The minimum atomic E-state index is -0.249. The summed E-state index contributed by atoms with van der Waals surface area (Å²) in [6.07, 6.45) is 3.43. The molecule has 0 radical (unpaired) electrons. The number of hydrogen-bond acceptors (Lipinski definition) is 3. The summed E-state index contributed by atoms with van der Waals surface area (Å²) in [5, 5.41) is 0.291. The number of esters is 1. The van der Waals surface area contributed by atoms with Gasteiger partial charge >= 0.3 is 5.97 Å². The maximum absolute atomic E-state index is 12.1. The van der Waals surface area contributed by atoms with Gasteiger partial charge < -0.3 is 4.74 Å². The molecule has 3 aliphatic rings. The molecule has 4 atom stereocenters. The molecule has 1 saturated carbocycles. The van der Waals surface area contributed by atoms with E-state index < -0.39 is 0 Å². The molecular formula is C15H17ClO3. The first-order valence-corrected chi connectivity index (χ1v) is 7.08. The highest BCUT2D eigenvalue weighted by atomic mass is 35.5. The van der Waals surface area contributed by atoms with Gasteiger partial charge in [-0.25, -0.2) is 0 Å². The molecule has 4 heteroatoms. The minimum absolute atomic E-state index is 0.0775. The Morgan fingerprint density at radius 2 is 2.11 bits per heavy atom. The highest BCUT2D eigenvalue weighted by Gasteiger charge is 2.53. The Balaban J connectivity index is 2.12. The average Bonchev–Trinajstić information content (AvgIpc) is 2.61. The van der Waals surface area contributed by atoms with E-state index in [2.05, 4.69) is 6.92 Å². The molecule has 1 heterocycles. The van der Waals surface area contributed by atoms with Crippen LogP contribution in [0.1, 0.15) is 33.6 Å². The summed E-state index contributed by atoms with van der Waals surface area (Å²) in [6.45, 7) is 5.79. The van der Waals surface area contributed by atoms with Crippen LogP contribution in [-0.4, -0.2) is 17.9 Å². The monoisotopic (exact) mass is 280 g/mol. The van der Waals surface area contributed by atoms with Crippen molar-refractivity contribution in [3.05, 3.63) is 22.3 Å². The molecule has 0 aromatic carbocycles. The van der Waals surface area contributed by atoms with Crippen molar-refractivity contribution < 1.29 is 14.3 Å². The van der Waals surface area contributed by atoms with Crippen LogP contribution in [0.25, 0.3) is 0 Å². The van der Waals surface area contributed by atoms with Crippen LogP contribution < -0.4 is 0 Å². The molecule has 0 amide bonds. The third-order valence-corrected chi connectivity index (χ3v) is 5.23. The average molecular weight is 281 g/mol. The fourth-order valence-electron chi connectivity index (χ4n) is 3.80. The van der Waals surface area contributed by atoms with Crippen LogP contribution in [0.2, 0.25) is 0 Å². The van der Waals surface area contributed by atoms with Crippen molar-refractivity contribution >= 4 is 23.4 Å². The van der Waals surface area contributed by atoms with Crippen LogP contribution in [0.15, 0.2) is 22.3 Å². The van der Waals surface area contributed by atoms with Crippen molar-refractivity contribution in [1.82, 2.24) is 0 Å². The molecule has 1 aliphatic heterocycles. The van der Waals surface area contributed by atoms with Gasteiger partial charge in [-0.1, -0.05) is 31.5 Å². The molecule has 0 bridgehead atoms. The van der Waals surface area contributed by atoms with Gasteiger partial charge in [0.15, 0.2) is 5.78 Å². The molecule has 0 N–H and O–H groups in total. The van der Waals surface area contributed by atoms with E-state index in [-0.39, 0.29) is 35.1 Å². The Morgan fingerprint density at radius 3 is 2.79 bits per heavy atom. The topological polar surface area (TPSA) is 43.4 Å². The lowest BCUT2D eigenvalue weighted by Gasteiger charge is -2.43. The first-order valence-electron chi connectivity index (χ1n) is 6.70. The van der Waals surface area contributed by atoms with E-state index in [0.29, 0.717) is 10.6 Å². The van der Waals surface area contributed by atoms with Crippen molar-refractivity contribution in [3.63, 3.8) is 0 Å². The van der Waals surface area contributed by atoms with Gasteiger partial charge in [0.1, 0.15) is 6.10 Å². The summed E-state index contributed by atoms with van der Waals surface area (Å²) in [6, 6.07) is 0. The summed E-state index contributed by atoms with van der Waals surface area (Å²) in [4.78, 5) is 23.9. The molecule has 0 aromatic rings. The van der Waals surface area contributed by atoms with E-state index in [1.165, 1.54) is 0 Å². The van der Waals surface area contributed by atoms with Gasteiger partial charge in [0, 0.05) is 16.9 Å². The number of carbonyl (C=O) groups excluding carboxylic acids is 2. The Hall–Kier alpha value is -1.09. The van der Waals surface area contributed by atoms with E-state index in [1.54, 1.807) is 6.92 Å². The van der Waals surface area contributed by atoms with E-state index in [4.69, 9.17) is 16.3 Å². The molecule has 4 unspecified atom stereocenters. The van der Waals surface area contributed by atoms with Gasteiger partial charge in [-0.05, 0) is 25.3 Å². The fraction of sp³-hybridized carbons (Fsp3) is 0.600. The molecule has 3 nitrogen and oxygen atoms in total. The lowest BCUT2D eigenvalue weighted by Crippen LogP contribution is -2.40. The zero-order valence-corrected chi connectivity index (χ0v) is 12.1. The Morgan fingerprint density at radius 1 is 1.42 bits per heavy atom. The summed E-state index contributed by atoms with van der Waals surface area (Å²) in [5.74, 6) is -0.159. The minimum Gasteiger partial charge on any atom is -0.457 e. The molecule has 3 rings (SSSR count). The van der Waals surface area contributed by atoms with E-state index in [0.717, 1.165) is 18.4 Å². The largest absolute Gasteiger partial charge is 0.457 e. The first kappa shape index (κ1) is 12.9. The second-order valence-corrected chi connectivity index (χ2v) is 6.53. The number of carbonyl (C=O) groups is 2. The summed E-state index contributed by atoms with van der Waals surface area (Å²) < 4.78 is 5.54. The number of rotatable bonds is 0. The van der Waals surface area contributed by atoms with Crippen LogP contribution in [0, 0.1) is 17.3 Å². The zero-order valence-electron chi connectivity index (χ0n) is 11.3. The molecule has 1 saturated heterocycles. The van der Waals surface area contributed by atoms with Gasteiger partial charge in [-0.2, -0.15) is 0 Å². The van der Waals surface area contributed by atoms with Crippen LogP contribution in [-0.2, 0) is 14.3 Å². The number of ketones is 1. The standard InChI is InChI=1S/C15H17ClO3/c1-7-9-4-5-15(3)6-10(16)12(17)8(2)11(15)13(9)19-14(7)18/h6-7,9,13H,4-5H2,1-3H3.